The Balaban J connectivity index is 1.66. The number of hydrogen-bond acceptors (Lipinski definition) is 4. The summed E-state index contributed by atoms with van der Waals surface area (Å²) in [4.78, 5) is 17.2. The molecule has 2 heterocycles. The number of nitrogens with zero attached hydrogens (tertiary/aromatic N) is 1. The number of pyridine rings is 1. The lowest BCUT2D eigenvalue weighted by atomic mass is 9.96. The topological polar surface area (TPSA) is 80.0 Å². The molecular weight excluding hydrogens is 384 g/mol. The Morgan fingerprint density at radius 1 is 1.28 bits per heavy atom. The molecule has 29 heavy (non-hydrogen) atoms. The van der Waals surface area contributed by atoms with E-state index < -0.39 is 0 Å². The van der Waals surface area contributed by atoms with Gasteiger partial charge in [0.05, 0.1) is 5.56 Å². The van der Waals surface area contributed by atoms with E-state index in [4.69, 9.17) is 17.3 Å². The van der Waals surface area contributed by atoms with Crippen LogP contribution in [0.1, 0.15) is 28.8 Å². The minimum absolute atomic E-state index is 0.166. The zero-order valence-electron chi connectivity index (χ0n) is 16.5. The van der Waals surface area contributed by atoms with E-state index in [1.165, 1.54) is 0 Å². The summed E-state index contributed by atoms with van der Waals surface area (Å²) in [6.07, 6.45) is 3.86. The second-order valence-electron chi connectivity index (χ2n) is 7.66. The van der Waals surface area contributed by atoms with Crippen LogP contribution in [0.4, 0.5) is 5.82 Å². The number of benzene rings is 2. The first-order valence-corrected chi connectivity index (χ1v) is 10.3. The first-order chi connectivity index (χ1) is 14.0. The second-order valence-corrected chi connectivity index (χ2v) is 8.06. The number of hydrogen-bond donors (Lipinski definition) is 3. The molecule has 1 fully saturated rings. The van der Waals surface area contributed by atoms with Crippen LogP contribution in [0.5, 0.6) is 0 Å². The first-order valence-electron chi connectivity index (χ1n) is 9.97. The van der Waals surface area contributed by atoms with E-state index in [2.05, 4.69) is 15.6 Å². The molecule has 1 saturated heterocycles. The van der Waals surface area contributed by atoms with Gasteiger partial charge in [-0.05, 0) is 67.4 Å². The van der Waals surface area contributed by atoms with Crippen LogP contribution in [0.25, 0.3) is 21.9 Å². The van der Waals surface area contributed by atoms with Crippen molar-refractivity contribution in [3.63, 3.8) is 0 Å². The third kappa shape index (κ3) is 4.07. The summed E-state index contributed by atoms with van der Waals surface area (Å²) in [6, 6.07) is 11.8. The Hall–Kier alpha value is -2.63. The lowest BCUT2D eigenvalue weighted by molar-refractivity contribution is 0.0946. The number of carbonyl (C=O) groups is 1. The summed E-state index contributed by atoms with van der Waals surface area (Å²) >= 11 is 6.43. The van der Waals surface area contributed by atoms with Crippen LogP contribution in [0, 0.1) is 12.8 Å². The molecule has 4 rings (SSSR count). The number of anilines is 1. The highest BCUT2D eigenvalue weighted by Gasteiger charge is 2.19. The van der Waals surface area contributed by atoms with Crippen LogP contribution in [0.3, 0.4) is 0 Å². The fourth-order valence-electron chi connectivity index (χ4n) is 4.04. The Morgan fingerprint density at radius 2 is 2.07 bits per heavy atom. The normalized spacial score (nSPS) is 14.8. The predicted octanol–water partition coefficient (Wildman–Crippen LogP) is 4.18. The van der Waals surface area contributed by atoms with Crippen molar-refractivity contribution >= 4 is 34.1 Å². The molecule has 150 valence electrons. The Kier molecular flexibility index (Phi) is 5.69. The number of rotatable bonds is 4. The molecule has 1 aliphatic heterocycles. The van der Waals surface area contributed by atoms with Gasteiger partial charge in [0, 0.05) is 28.7 Å². The summed E-state index contributed by atoms with van der Waals surface area (Å²) in [5.74, 6) is 0.585. The molecule has 0 saturated carbocycles. The number of aryl methyl sites for hydroxylation is 1. The minimum atomic E-state index is -0.166. The molecule has 5 nitrogen and oxygen atoms in total. The Bertz CT molecular complexity index is 1040. The van der Waals surface area contributed by atoms with Crippen LogP contribution in [-0.4, -0.2) is 30.5 Å². The molecule has 4 N–H and O–H groups in total. The van der Waals surface area contributed by atoms with Crippen molar-refractivity contribution in [1.82, 2.24) is 15.6 Å². The van der Waals surface area contributed by atoms with Crippen molar-refractivity contribution in [1.29, 1.82) is 0 Å². The average molecular weight is 409 g/mol. The van der Waals surface area contributed by atoms with Gasteiger partial charge in [0.15, 0.2) is 0 Å². The molecule has 1 aromatic heterocycles. The molecule has 0 spiro atoms. The van der Waals surface area contributed by atoms with Gasteiger partial charge >= 0.3 is 0 Å². The second kappa shape index (κ2) is 8.39. The van der Waals surface area contributed by atoms with Gasteiger partial charge < -0.3 is 16.4 Å². The monoisotopic (exact) mass is 408 g/mol. The maximum Gasteiger partial charge on any atom is 0.255 e. The van der Waals surface area contributed by atoms with Crippen molar-refractivity contribution in [2.45, 2.75) is 19.8 Å². The highest BCUT2D eigenvalue weighted by atomic mass is 35.5. The van der Waals surface area contributed by atoms with Crippen molar-refractivity contribution in [2.24, 2.45) is 5.92 Å². The highest BCUT2D eigenvalue weighted by Crippen LogP contribution is 2.34. The standard InChI is InChI=1S/C23H25ClN4O/c1-14-3-2-4-19(24)20(14)16-5-6-18-17(11-16)13-27-22(25)21(18)23(29)28-12-15-7-9-26-10-8-15/h2-6,11,13,15,26H,7-10,12H2,1H3,(H2,25,27)(H,28,29). The van der Waals surface area contributed by atoms with Gasteiger partial charge in [-0.2, -0.15) is 0 Å². The number of halogens is 1. The molecule has 0 atom stereocenters. The van der Waals surface area contributed by atoms with E-state index in [0.717, 1.165) is 53.4 Å². The van der Waals surface area contributed by atoms with Gasteiger partial charge in [0.25, 0.3) is 5.91 Å². The minimum Gasteiger partial charge on any atom is -0.383 e. The van der Waals surface area contributed by atoms with E-state index in [9.17, 15) is 4.79 Å². The van der Waals surface area contributed by atoms with Crippen molar-refractivity contribution < 1.29 is 4.79 Å². The van der Waals surface area contributed by atoms with Crippen LogP contribution in [-0.2, 0) is 0 Å². The molecule has 0 radical (unpaired) electrons. The maximum absolute atomic E-state index is 12.9. The number of aromatic nitrogens is 1. The van der Waals surface area contributed by atoms with Gasteiger partial charge in [-0.3, -0.25) is 4.79 Å². The van der Waals surface area contributed by atoms with Crippen molar-refractivity contribution in [2.75, 3.05) is 25.4 Å². The molecule has 1 aliphatic rings. The van der Waals surface area contributed by atoms with E-state index in [-0.39, 0.29) is 11.7 Å². The largest absolute Gasteiger partial charge is 0.383 e. The summed E-state index contributed by atoms with van der Waals surface area (Å²) < 4.78 is 0. The van der Waals surface area contributed by atoms with E-state index >= 15 is 0 Å². The van der Waals surface area contributed by atoms with E-state index in [0.29, 0.717) is 23.0 Å². The molecule has 2 aromatic carbocycles. The first kappa shape index (κ1) is 19.7. The van der Waals surface area contributed by atoms with E-state index in [1.807, 2.05) is 43.3 Å². The quantitative estimate of drug-likeness (QED) is 0.605. The van der Waals surface area contributed by atoms with Gasteiger partial charge in [0.2, 0.25) is 0 Å². The predicted molar refractivity (Wildman–Crippen MR) is 119 cm³/mol. The number of carbonyl (C=O) groups excluding carboxylic acids is 1. The SMILES string of the molecule is Cc1cccc(Cl)c1-c1ccc2c(C(=O)NCC3CCNCC3)c(N)ncc2c1. The number of amides is 1. The maximum atomic E-state index is 12.9. The summed E-state index contributed by atoms with van der Waals surface area (Å²) in [6.45, 7) is 4.70. The number of nitrogens with one attached hydrogen (secondary N) is 2. The molecular formula is C23H25ClN4O. The van der Waals surface area contributed by atoms with Gasteiger partial charge in [0.1, 0.15) is 5.82 Å². The van der Waals surface area contributed by atoms with Gasteiger partial charge in [-0.25, -0.2) is 4.98 Å². The van der Waals surface area contributed by atoms with Gasteiger partial charge in [-0.1, -0.05) is 35.9 Å². The van der Waals surface area contributed by atoms with Crippen molar-refractivity contribution in [3.05, 3.63) is 58.7 Å². The van der Waals surface area contributed by atoms with Crippen LogP contribution >= 0.6 is 11.6 Å². The number of fused-ring (bicyclic) bond motifs is 1. The Morgan fingerprint density at radius 3 is 2.83 bits per heavy atom. The van der Waals surface area contributed by atoms with Gasteiger partial charge in [-0.15, -0.1) is 0 Å². The van der Waals surface area contributed by atoms with Crippen LogP contribution in [0.15, 0.2) is 42.6 Å². The van der Waals surface area contributed by atoms with E-state index in [1.54, 1.807) is 6.20 Å². The Labute approximate surface area is 175 Å². The third-order valence-corrected chi connectivity index (χ3v) is 5.98. The van der Waals surface area contributed by atoms with Crippen LogP contribution < -0.4 is 16.4 Å². The molecule has 0 unspecified atom stereocenters. The molecule has 1 amide bonds. The number of nitrogen functional groups attached to an aromatic ring is 1. The lowest BCUT2D eigenvalue weighted by Gasteiger charge is -2.23. The summed E-state index contributed by atoms with van der Waals surface area (Å²) in [5.41, 5.74) is 9.62. The zero-order chi connectivity index (χ0) is 20.4. The summed E-state index contributed by atoms with van der Waals surface area (Å²) in [7, 11) is 0. The smallest absolute Gasteiger partial charge is 0.255 e. The van der Waals surface area contributed by atoms with Crippen LogP contribution in [0.2, 0.25) is 5.02 Å². The zero-order valence-corrected chi connectivity index (χ0v) is 17.2. The highest BCUT2D eigenvalue weighted by molar-refractivity contribution is 6.33. The number of nitrogens with two attached hydrogens (primary N) is 1. The molecule has 0 aliphatic carbocycles. The molecule has 3 aromatic rings. The lowest BCUT2D eigenvalue weighted by Crippen LogP contribution is -2.36. The van der Waals surface area contributed by atoms with Crippen molar-refractivity contribution in [3.8, 4) is 11.1 Å². The molecule has 0 bridgehead atoms. The summed E-state index contributed by atoms with van der Waals surface area (Å²) in [5, 5.41) is 8.77. The average Bonchev–Trinajstić information content (AvgIpc) is 2.72. The fourth-order valence-corrected chi connectivity index (χ4v) is 4.37. The number of piperidine rings is 1. The molecule has 6 heteroatoms. The fraction of sp³-hybridized carbons (Fsp3) is 0.304. The third-order valence-electron chi connectivity index (χ3n) is 5.67.